The predicted molar refractivity (Wildman–Crippen MR) is 187 cm³/mol. The van der Waals surface area contributed by atoms with E-state index in [1.54, 1.807) is 11.4 Å². The van der Waals surface area contributed by atoms with E-state index in [1.165, 1.54) is 22.3 Å². The Bertz CT molecular complexity index is 1490. The maximum atomic E-state index is 14.3. The van der Waals surface area contributed by atoms with Gasteiger partial charge >= 0.3 is 6.03 Å². The van der Waals surface area contributed by atoms with E-state index in [0.29, 0.717) is 25.8 Å². The molecular formula is C34H54N6O7S2. The molecule has 1 saturated carbocycles. The molecule has 5 amide bonds. The van der Waals surface area contributed by atoms with Crippen molar-refractivity contribution in [2.75, 3.05) is 20.1 Å². The Balaban J connectivity index is 1.55. The van der Waals surface area contributed by atoms with Crippen LogP contribution in [0.25, 0.3) is 0 Å². The van der Waals surface area contributed by atoms with Crippen LogP contribution in [0.2, 0.25) is 0 Å². The first-order valence-electron chi connectivity index (χ1n) is 17.4. The molecule has 6 atom stereocenters. The summed E-state index contributed by atoms with van der Waals surface area (Å²) in [6.07, 6.45) is 6.51. The summed E-state index contributed by atoms with van der Waals surface area (Å²) >= 11 is 1.12. The second-order valence-electron chi connectivity index (χ2n) is 15.5. The molecule has 0 spiro atoms. The third kappa shape index (κ3) is 9.01. The number of carbonyl (C=O) groups is 5. The Morgan fingerprint density at radius 2 is 1.69 bits per heavy atom. The van der Waals surface area contributed by atoms with Crippen molar-refractivity contribution >= 4 is 50.9 Å². The first kappa shape index (κ1) is 38.8. The normalized spacial score (nSPS) is 27.4. The summed E-state index contributed by atoms with van der Waals surface area (Å²) < 4.78 is 27.7. The molecule has 13 nitrogen and oxygen atoms in total. The largest absolute Gasteiger partial charge is 0.363 e. The number of carbonyl (C=O) groups excluding carboxylic acids is 5. The first-order chi connectivity index (χ1) is 22.9. The Kier molecular flexibility index (Phi) is 12.2. The molecule has 0 radical (unpaired) electrons. The number of hydrogen-bond acceptors (Lipinski definition) is 8. The molecule has 0 aromatic carbocycles. The quantitative estimate of drug-likeness (QED) is 0.297. The monoisotopic (exact) mass is 722 g/mol. The van der Waals surface area contributed by atoms with Crippen LogP contribution in [-0.2, 0) is 29.2 Å². The maximum Gasteiger partial charge on any atom is 0.315 e. The smallest absolute Gasteiger partial charge is 0.315 e. The third-order valence-electron chi connectivity index (χ3n) is 10.7. The molecule has 1 aromatic heterocycles. The molecule has 0 bridgehead atoms. The SMILES string of the molecule is CN(C[C@@H](NC(=O)NC1CCCCCCCCC[C@@H](C(=O)C(N)=O)NC(=O)[C@@H]2[C@@H]3[C@H](CN2C1=O)C3(C)C)C(C)(C)C)S(=O)(=O)c1cccs1. The Morgan fingerprint density at radius 1 is 1.08 bits per heavy atom. The van der Waals surface area contributed by atoms with E-state index < -0.39 is 63.2 Å². The number of nitrogens with two attached hydrogens (primary N) is 1. The van der Waals surface area contributed by atoms with Crippen molar-refractivity contribution in [3.8, 4) is 0 Å². The van der Waals surface area contributed by atoms with Gasteiger partial charge in [0, 0.05) is 26.2 Å². The van der Waals surface area contributed by atoms with Gasteiger partial charge in [-0.25, -0.2) is 13.2 Å². The number of amides is 5. The van der Waals surface area contributed by atoms with Gasteiger partial charge in [0.25, 0.3) is 15.9 Å². The van der Waals surface area contributed by atoms with E-state index in [1.807, 2.05) is 34.6 Å². The van der Waals surface area contributed by atoms with E-state index >= 15 is 0 Å². The molecule has 3 heterocycles. The minimum Gasteiger partial charge on any atom is -0.363 e. The zero-order valence-electron chi connectivity index (χ0n) is 29.6. The standard InChI is InChI=1S/C34H54N6O7S2/c1-33(2,3)24(20-39(6)49(46,47)25-17-14-18-48-25)38-32(45)37-23-16-13-11-9-7-8-10-12-15-22(28(41)29(35)42)36-30(43)27-26-21(34(26,4)5)19-40(27)31(23)44/h14,17-18,21-24,26-27H,7-13,15-16,19-20H2,1-6H3,(H2,35,42)(H,36,43)(H2,37,38,45)/t21-,22-,23?,24+,26-,27-/m0/s1. The van der Waals surface area contributed by atoms with Gasteiger partial charge in [-0.05, 0) is 47.0 Å². The molecule has 15 heteroatoms. The Labute approximate surface area is 294 Å². The molecule has 1 unspecified atom stereocenters. The number of thiophene rings is 1. The number of nitrogens with one attached hydrogen (secondary N) is 3. The highest BCUT2D eigenvalue weighted by atomic mass is 32.2. The van der Waals surface area contributed by atoms with E-state index in [9.17, 15) is 32.4 Å². The van der Waals surface area contributed by atoms with Gasteiger partial charge < -0.3 is 26.6 Å². The fraction of sp³-hybridized carbons (Fsp3) is 0.735. The second-order valence-corrected chi connectivity index (χ2v) is 18.8. The van der Waals surface area contributed by atoms with Crippen LogP contribution in [-0.4, -0.2) is 91.5 Å². The number of piperidine rings is 1. The van der Waals surface area contributed by atoms with E-state index in [2.05, 4.69) is 16.0 Å². The predicted octanol–water partition coefficient (Wildman–Crippen LogP) is 3.00. The molecule has 1 aromatic rings. The van der Waals surface area contributed by atoms with Crippen LogP contribution in [0, 0.1) is 22.7 Å². The van der Waals surface area contributed by atoms with Crippen LogP contribution in [0.3, 0.4) is 0 Å². The van der Waals surface area contributed by atoms with Crippen LogP contribution < -0.4 is 21.7 Å². The number of rotatable bonds is 8. The summed E-state index contributed by atoms with van der Waals surface area (Å²) in [5, 5.41) is 10.3. The molecule has 2 aliphatic heterocycles. The van der Waals surface area contributed by atoms with Gasteiger partial charge in [0.2, 0.25) is 17.6 Å². The van der Waals surface area contributed by atoms with Crippen molar-refractivity contribution in [2.24, 2.45) is 28.4 Å². The molecule has 274 valence electrons. The lowest BCUT2D eigenvalue weighted by atomic mass is 9.86. The molecule has 1 aliphatic carbocycles. The van der Waals surface area contributed by atoms with Gasteiger partial charge in [-0.3, -0.25) is 19.2 Å². The number of primary amides is 1. The van der Waals surface area contributed by atoms with Gasteiger partial charge in [0.15, 0.2) is 0 Å². The molecule has 49 heavy (non-hydrogen) atoms. The topological polar surface area (TPSA) is 188 Å². The lowest BCUT2D eigenvalue weighted by molar-refractivity contribution is -0.143. The fourth-order valence-corrected chi connectivity index (χ4v) is 9.75. The van der Waals surface area contributed by atoms with Gasteiger partial charge in [0.05, 0.1) is 6.04 Å². The average Bonchev–Trinajstić information content (AvgIpc) is 3.48. The van der Waals surface area contributed by atoms with Crippen LogP contribution >= 0.6 is 11.3 Å². The summed E-state index contributed by atoms with van der Waals surface area (Å²) in [6, 6.07) is -0.861. The summed E-state index contributed by atoms with van der Waals surface area (Å²) in [6.45, 7) is 10.1. The third-order valence-corrected chi connectivity index (χ3v) is 13.9. The molecule has 2 saturated heterocycles. The number of hydrogen-bond donors (Lipinski definition) is 4. The lowest BCUT2D eigenvalue weighted by Gasteiger charge is -2.36. The zero-order valence-corrected chi connectivity index (χ0v) is 31.3. The Morgan fingerprint density at radius 3 is 2.27 bits per heavy atom. The van der Waals surface area contributed by atoms with E-state index in [4.69, 9.17) is 5.73 Å². The molecule has 3 fully saturated rings. The van der Waals surface area contributed by atoms with Gasteiger partial charge in [-0.1, -0.05) is 85.6 Å². The van der Waals surface area contributed by atoms with Crippen LogP contribution in [0.5, 0.6) is 0 Å². The highest BCUT2D eigenvalue weighted by Gasteiger charge is 2.69. The van der Waals surface area contributed by atoms with Crippen molar-refractivity contribution in [2.45, 2.75) is 121 Å². The lowest BCUT2D eigenvalue weighted by Crippen LogP contribution is -2.60. The minimum absolute atomic E-state index is 0.00771. The van der Waals surface area contributed by atoms with E-state index in [0.717, 1.165) is 43.4 Å². The van der Waals surface area contributed by atoms with Crippen molar-refractivity contribution in [1.82, 2.24) is 25.2 Å². The average molecular weight is 723 g/mol. The van der Waals surface area contributed by atoms with Crippen molar-refractivity contribution in [1.29, 1.82) is 0 Å². The zero-order chi connectivity index (χ0) is 36.3. The van der Waals surface area contributed by atoms with Crippen LogP contribution in [0.4, 0.5) is 4.79 Å². The van der Waals surface area contributed by atoms with Crippen LogP contribution in [0.1, 0.15) is 92.4 Å². The number of likely N-dealkylation sites (N-methyl/N-ethyl adjacent to an activating group) is 1. The molecule has 3 aliphatic rings. The molecular weight excluding hydrogens is 669 g/mol. The summed E-state index contributed by atoms with van der Waals surface area (Å²) in [5.41, 5.74) is 4.60. The number of sulfonamides is 1. The van der Waals surface area contributed by atoms with Crippen molar-refractivity contribution < 1.29 is 32.4 Å². The number of fused-ring (bicyclic) bond motifs is 3. The molecule has 4 rings (SSSR count). The van der Waals surface area contributed by atoms with Gasteiger partial charge in [0.1, 0.15) is 16.3 Å². The highest BCUT2D eigenvalue weighted by molar-refractivity contribution is 7.91. The van der Waals surface area contributed by atoms with Crippen LogP contribution in [0.15, 0.2) is 21.7 Å². The van der Waals surface area contributed by atoms with Crippen molar-refractivity contribution in [3.63, 3.8) is 0 Å². The summed E-state index contributed by atoms with van der Waals surface area (Å²) in [7, 11) is -2.28. The van der Waals surface area contributed by atoms with Gasteiger partial charge in [-0.2, -0.15) is 4.31 Å². The number of nitrogens with zero attached hydrogens (tertiary/aromatic N) is 2. The number of ketones is 1. The number of urea groups is 1. The Hall–Kier alpha value is -3.04. The van der Waals surface area contributed by atoms with Crippen molar-refractivity contribution in [3.05, 3.63) is 17.5 Å². The van der Waals surface area contributed by atoms with Gasteiger partial charge in [-0.15, -0.1) is 11.3 Å². The molecule has 5 N–H and O–H groups in total. The highest BCUT2D eigenvalue weighted by Crippen LogP contribution is 2.65. The fourth-order valence-electron chi connectivity index (χ4n) is 7.36. The second kappa shape index (κ2) is 15.5. The summed E-state index contributed by atoms with van der Waals surface area (Å²) in [5.74, 6) is -2.91. The maximum absolute atomic E-state index is 14.3. The van der Waals surface area contributed by atoms with E-state index in [-0.39, 0.29) is 40.3 Å². The minimum atomic E-state index is -3.76. The summed E-state index contributed by atoms with van der Waals surface area (Å²) in [4.78, 5) is 67.9. The number of Topliss-reactive ketones (excluding diaryl/α,β-unsaturated/α-hetero) is 1. The first-order valence-corrected chi connectivity index (χ1v) is 19.7.